The Morgan fingerprint density at radius 1 is 1.17 bits per heavy atom. The standard InChI is InChI=1S/C19H23N3O/c1-15-5-7-16(8-6-15)14-21-19(23)17-9-12-22(13-10-17)18-4-2-3-11-20-18/h2-8,11,17H,9-10,12-14H2,1H3,(H,21,23). The van der Waals surface area contributed by atoms with E-state index in [4.69, 9.17) is 0 Å². The average molecular weight is 309 g/mol. The Balaban J connectivity index is 1.47. The molecule has 1 fully saturated rings. The third-order valence-electron chi connectivity index (χ3n) is 4.43. The summed E-state index contributed by atoms with van der Waals surface area (Å²) in [6.45, 7) is 4.45. The van der Waals surface area contributed by atoms with Crippen molar-refractivity contribution in [2.24, 2.45) is 5.92 Å². The van der Waals surface area contributed by atoms with Crippen molar-refractivity contribution < 1.29 is 4.79 Å². The summed E-state index contributed by atoms with van der Waals surface area (Å²) < 4.78 is 0. The van der Waals surface area contributed by atoms with Gasteiger partial charge in [-0.2, -0.15) is 0 Å². The van der Waals surface area contributed by atoms with E-state index >= 15 is 0 Å². The number of anilines is 1. The van der Waals surface area contributed by atoms with Gasteiger partial charge in [0.15, 0.2) is 0 Å². The molecule has 4 heteroatoms. The molecule has 0 radical (unpaired) electrons. The summed E-state index contributed by atoms with van der Waals surface area (Å²) in [6, 6.07) is 14.2. The monoisotopic (exact) mass is 309 g/mol. The molecule has 1 amide bonds. The largest absolute Gasteiger partial charge is 0.357 e. The second kappa shape index (κ2) is 7.27. The average Bonchev–Trinajstić information content (AvgIpc) is 2.62. The van der Waals surface area contributed by atoms with Gasteiger partial charge in [0.1, 0.15) is 5.82 Å². The van der Waals surface area contributed by atoms with Crippen LogP contribution < -0.4 is 10.2 Å². The zero-order chi connectivity index (χ0) is 16.1. The van der Waals surface area contributed by atoms with E-state index in [9.17, 15) is 4.79 Å². The first-order valence-electron chi connectivity index (χ1n) is 8.21. The zero-order valence-corrected chi connectivity index (χ0v) is 13.5. The van der Waals surface area contributed by atoms with E-state index in [-0.39, 0.29) is 11.8 Å². The third kappa shape index (κ3) is 4.09. The predicted molar refractivity (Wildman–Crippen MR) is 92.2 cm³/mol. The number of rotatable bonds is 4. The number of hydrogen-bond donors (Lipinski definition) is 1. The number of carbonyl (C=O) groups is 1. The lowest BCUT2D eigenvalue weighted by molar-refractivity contribution is -0.125. The fourth-order valence-electron chi connectivity index (χ4n) is 2.95. The van der Waals surface area contributed by atoms with Crippen molar-refractivity contribution in [3.63, 3.8) is 0 Å². The summed E-state index contributed by atoms with van der Waals surface area (Å²) in [5.41, 5.74) is 2.39. The zero-order valence-electron chi connectivity index (χ0n) is 13.5. The van der Waals surface area contributed by atoms with Crippen molar-refractivity contribution >= 4 is 11.7 Å². The highest BCUT2D eigenvalue weighted by Crippen LogP contribution is 2.21. The van der Waals surface area contributed by atoms with Gasteiger partial charge in [0.2, 0.25) is 5.91 Å². The molecule has 2 heterocycles. The SMILES string of the molecule is Cc1ccc(CNC(=O)C2CCN(c3ccccn3)CC2)cc1. The Morgan fingerprint density at radius 3 is 2.57 bits per heavy atom. The van der Waals surface area contributed by atoms with E-state index in [1.807, 2.05) is 24.4 Å². The molecule has 1 aliphatic rings. The van der Waals surface area contributed by atoms with Gasteiger partial charge in [0, 0.05) is 31.7 Å². The van der Waals surface area contributed by atoms with Crippen LogP contribution in [0.3, 0.4) is 0 Å². The van der Waals surface area contributed by atoms with E-state index < -0.39 is 0 Å². The van der Waals surface area contributed by atoms with Crippen LogP contribution in [0.25, 0.3) is 0 Å². The molecule has 1 aromatic heterocycles. The second-order valence-corrected chi connectivity index (χ2v) is 6.15. The summed E-state index contributed by atoms with van der Waals surface area (Å²) in [7, 11) is 0. The van der Waals surface area contributed by atoms with E-state index in [0.29, 0.717) is 6.54 Å². The number of carbonyl (C=O) groups excluding carboxylic acids is 1. The van der Waals surface area contributed by atoms with Crippen molar-refractivity contribution in [3.8, 4) is 0 Å². The van der Waals surface area contributed by atoms with Gasteiger partial charge in [-0.05, 0) is 37.5 Å². The van der Waals surface area contributed by atoms with Crippen molar-refractivity contribution in [2.75, 3.05) is 18.0 Å². The minimum absolute atomic E-state index is 0.111. The number of piperidine rings is 1. The maximum atomic E-state index is 12.3. The summed E-state index contributed by atoms with van der Waals surface area (Å²) in [4.78, 5) is 19.0. The predicted octanol–water partition coefficient (Wildman–Crippen LogP) is 2.92. The highest BCUT2D eigenvalue weighted by atomic mass is 16.1. The summed E-state index contributed by atoms with van der Waals surface area (Å²) in [5.74, 6) is 1.29. The molecular formula is C19H23N3O. The van der Waals surface area contributed by atoms with Gasteiger partial charge in [0.05, 0.1) is 0 Å². The van der Waals surface area contributed by atoms with E-state index in [0.717, 1.165) is 37.3 Å². The molecule has 3 rings (SSSR count). The van der Waals surface area contributed by atoms with Crippen LogP contribution in [0.15, 0.2) is 48.7 Å². The summed E-state index contributed by atoms with van der Waals surface area (Å²) >= 11 is 0. The molecule has 0 aliphatic carbocycles. The van der Waals surface area contributed by atoms with Gasteiger partial charge in [-0.15, -0.1) is 0 Å². The highest BCUT2D eigenvalue weighted by molar-refractivity contribution is 5.79. The Morgan fingerprint density at radius 2 is 1.91 bits per heavy atom. The van der Waals surface area contributed by atoms with Crippen molar-refractivity contribution in [3.05, 3.63) is 59.8 Å². The Kier molecular flexibility index (Phi) is 4.91. The van der Waals surface area contributed by atoms with E-state index in [1.54, 1.807) is 0 Å². The van der Waals surface area contributed by atoms with E-state index in [1.165, 1.54) is 5.56 Å². The maximum Gasteiger partial charge on any atom is 0.223 e. The molecule has 1 saturated heterocycles. The first kappa shape index (κ1) is 15.5. The Bertz CT molecular complexity index is 631. The van der Waals surface area contributed by atoms with Crippen LogP contribution in [0.5, 0.6) is 0 Å². The number of nitrogens with one attached hydrogen (secondary N) is 1. The van der Waals surface area contributed by atoms with Gasteiger partial charge in [-0.3, -0.25) is 4.79 Å². The smallest absolute Gasteiger partial charge is 0.223 e. The molecule has 4 nitrogen and oxygen atoms in total. The van der Waals surface area contributed by atoms with E-state index in [2.05, 4.69) is 46.4 Å². The molecule has 0 saturated carbocycles. The lowest BCUT2D eigenvalue weighted by Gasteiger charge is -2.32. The number of aryl methyl sites for hydroxylation is 1. The highest BCUT2D eigenvalue weighted by Gasteiger charge is 2.25. The van der Waals surface area contributed by atoms with Crippen LogP contribution in [0.1, 0.15) is 24.0 Å². The minimum Gasteiger partial charge on any atom is -0.357 e. The molecule has 2 aromatic rings. The molecule has 0 atom stereocenters. The number of amides is 1. The molecule has 120 valence electrons. The summed E-state index contributed by atoms with van der Waals surface area (Å²) in [5, 5.41) is 3.07. The second-order valence-electron chi connectivity index (χ2n) is 6.15. The van der Waals surface area contributed by atoms with Crippen LogP contribution in [0, 0.1) is 12.8 Å². The van der Waals surface area contributed by atoms with Gasteiger partial charge in [-0.1, -0.05) is 35.9 Å². The van der Waals surface area contributed by atoms with Crippen LogP contribution >= 0.6 is 0 Å². The third-order valence-corrected chi connectivity index (χ3v) is 4.43. The normalized spacial score (nSPS) is 15.4. The maximum absolute atomic E-state index is 12.3. The molecule has 0 spiro atoms. The van der Waals surface area contributed by atoms with Crippen LogP contribution in [0.2, 0.25) is 0 Å². The quantitative estimate of drug-likeness (QED) is 0.944. The van der Waals surface area contributed by atoms with Gasteiger partial charge >= 0.3 is 0 Å². The number of pyridine rings is 1. The molecule has 1 aromatic carbocycles. The first-order valence-corrected chi connectivity index (χ1v) is 8.21. The van der Waals surface area contributed by atoms with Crippen LogP contribution in [0.4, 0.5) is 5.82 Å². The van der Waals surface area contributed by atoms with Crippen molar-refractivity contribution in [1.82, 2.24) is 10.3 Å². The van der Waals surface area contributed by atoms with Gasteiger partial charge < -0.3 is 10.2 Å². The molecule has 1 N–H and O–H groups in total. The molecule has 23 heavy (non-hydrogen) atoms. The first-order chi connectivity index (χ1) is 11.2. The fraction of sp³-hybridized carbons (Fsp3) is 0.368. The number of aromatic nitrogens is 1. The summed E-state index contributed by atoms with van der Waals surface area (Å²) in [6.07, 6.45) is 3.59. The van der Waals surface area contributed by atoms with Crippen LogP contribution in [-0.2, 0) is 11.3 Å². The number of nitrogens with zero attached hydrogens (tertiary/aromatic N) is 2. The lowest BCUT2D eigenvalue weighted by atomic mass is 9.96. The number of hydrogen-bond acceptors (Lipinski definition) is 3. The molecule has 0 unspecified atom stereocenters. The van der Waals surface area contributed by atoms with Crippen molar-refractivity contribution in [1.29, 1.82) is 0 Å². The van der Waals surface area contributed by atoms with Crippen molar-refractivity contribution in [2.45, 2.75) is 26.3 Å². The van der Waals surface area contributed by atoms with Gasteiger partial charge in [0.25, 0.3) is 0 Å². The fourth-order valence-corrected chi connectivity index (χ4v) is 2.95. The Hall–Kier alpha value is -2.36. The van der Waals surface area contributed by atoms with Gasteiger partial charge in [-0.25, -0.2) is 4.98 Å². The molecular weight excluding hydrogens is 286 g/mol. The topological polar surface area (TPSA) is 45.2 Å². The molecule has 0 bridgehead atoms. The Labute approximate surface area is 137 Å². The lowest BCUT2D eigenvalue weighted by Crippen LogP contribution is -2.40. The minimum atomic E-state index is 0.111. The number of benzene rings is 1. The van der Waals surface area contributed by atoms with Crippen LogP contribution in [-0.4, -0.2) is 24.0 Å². The molecule has 1 aliphatic heterocycles.